The first-order valence-corrected chi connectivity index (χ1v) is 5.98. The van der Waals surface area contributed by atoms with Gasteiger partial charge in [0.1, 0.15) is 0 Å². The molecule has 0 spiro atoms. The van der Waals surface area contributed by atoms with Crippen LogP contribution in [0.5, 0.6) is 0 Å². The van der Waals surface area contributed by atoms with Gasteiger partial charge >= 0.3 is 0 Å². The molecular formula is C13H17ClF2N2O. The number of piperidine rings is 1. The third-order valence-corrected chi connectivity index (χ3v) is 3.12. The lowest BCUT2D eigenvalue weighted by molar-refractivity contribution is -0.0560. The van der Waals surface area contributed by atoms with Crippen LogP contribution in [0.2, 0.25) is 0 Å². The van der Waals surface area contributed by atoms with Crippen molar-refractivity contribution in [1.29, 1.82) is 0 Å². The summed E-state index contributed by atoms with van der Waals surface area (Å²) in [4.78, 5) is 13.3. The van der Waals surface area contributed by atoms with Gasteiger partial charge in [-0.3, -0.25) is 4.79 Å². The minimum Gasteiger partial charge on any atom is -0.333 e. The smallest absolute Gasteiger partial charge is 0.265 e. The zero-order valence-electron chi connectivity index (χ0n) is 10.4. The van der Waals surface area contributed by atoms with Crippen molar-refractivity contribution in [2.75, 3.05) is 13.1 Å². The molecular weight excluding hydrogens is 274 g/mol. The molecule has 19 heavy (non-hydrogen) atoms. The highest BCUT2D eigenvalue weighted by Gasteiger charge is 2.37. The summed E-state index contributed by atoms with van der Waals surface area (Å²) < 4.78 is 26.5. The van der Waals surface area contributed by atoms with Crippen LogP contribution in [0.15, 0.2) is 24.3 Å². The molecule has 1 aliphatic heterocycles. The van der Waals surface area contributed by atoms with E-state index >= 15 is 0 Å². The highest BCUT2D eigenvalue weighted by atomic mass is 35.5. The number of rotatable bonds is 2. The molecule has 0 atom stereocenters. The van der Waals surface area contributed by atoms with Gasteiger partial charge in [-0.15, -0.1) is 12.4 Å². The van der Waals surface area contributed by atoms with E-state index in [4.69, 9.17) is 5.73 Å². The Balaban J connectivity index is 0.00000180. The van der Waals surface area contributed by atoms with Crippen LogP contribution in [0.25, 0.3) is 0 Å². The van der Waals surface area contributed by atoms with Crippen molar-refractivity contribution in [2.45, 2.75) is 25.3 Å². The number of likely N-dealkylation sites (tertiary alicyclic amines) is 1. The van der Waals surface area contributed by atoms with Crippen LogP contribution in [0.4, 0.5) is 8.78 Å². The Morgan fingerprint density at radius 3 is 2.47 bits per heavy atom. The number of alkyl halides is 2. The Labute approximate surface area is 117 Å². The van der Waals surface area contributed by atoms with Gasteiger partial charge in [0.25, 0.3) is 11.8 Å². The zero-order valence-corrected chi connectivity index (χ0v) is 11.3. The number of hydrogen-bond acceptors (Lipinski definition) is 2. The number of carbonyl (C=O) groups is 1. The predicted molar refractivity (Wildman–Crippen MR) is 71.7 cm³/mol. The molecule has 1 heterocycles. The maximum atomic E-state index is 13.2. The van der Waals surface area contributed by atoms with E-state index in [1.54, 1.807) is 24.3 Å². The summed E-state index contributed by atoms with van der Waals surface area (Å²) in [5, 5.41) is 0. The van der Waals surface area contributed by atoms with Gasteiger partial charge in [-0.05, 0) is 24.1 Å². The number of nitrogens with zero attached hydrogens (tertiary/aromatic N) is 1. The van der Waals surface area contributed by atoms with Gasteiger partial charge in [-0.25, -0.2) is 8.78 Å². The molecule has 1 amide bonds. The summed E-state index contributed by atoms with van der Waals surface area (Å²) in [6, 6.07) is 6.76. The Kier molecular flexibility index (Phi) is 5.26. The summed E-state index contributed by atoms with van der Waals surface area (Å²) in [6.07, 6.45) is 0.211. The van der Waals surface area contributed by atoms with Crippen LogP contribution in [-0.4, -0.2) is 29.8 Å². The average Bonchev–Trinajstić information content (AvgIpc) is 2.37. The number of carbonyl (C=O) groups excluding carboxylic acids is 1. The quantitative estimate of drug-likeness (QED) is 0.909. The van der Waals surface area contributed by atoms with Gasteiger partial charge in [0.2, 0.25) is 0 Å². The van der Waals surface area contributed by atoms with E-state index in [9.17, 15) is 13.6 Å². The zero-order chi connectivity index (χ0) is 13.2. The molecule has 0 saturated carbocycles. The van der Waals surface area contributed by atoms with Crippen molar-refractivity contribution in [2.24, 2.45) is 5.73 Å². The first-order valence-electron chi connectivity index (χ1n) is 5.98. The van der Waals surface area contributed by atoms with Crippen molar-refractivity contribution in [3.8, 4) is 0 Å². The molecule has 6 heteroatoms. The summed E-state index contributed by atoms with van der Waals surface area (Å²) in [5.41, 5.74) is 6.81. The fourth-order valence-electron chi connectivity index (χ4n) is 2.11. The van der Waals surface area contributed by atoms with Crippen LogP contribution < -0.4 is 5.73 Å². The fraction of sp³-hybridized carbons (Fsp3) is 0.462. The monoisotopic (exact) mass is 290 g/mol. The first kappa shape index (κ1) is 15.9. The number of nitrogens with two attached hydrogens (primary N) is 1. The Morgan fingerprint density at radius 1 is 1.32 bits per heavy atom. The van der Waals surface area contributed by atoms with Crippen LogP contribution in [0.1, 0.15) is 28.8 Å². The average molecular weight is 291 g/mol. The molecule has 1 aromatic rings. The second kappa shape index (κ2) is 6.30. The lowest BCUT2D eigenvalue weighted by Gasteiger charge is -2.32. The van der Waals surface area contributed by atoms with Gasteiger partial charge in [-0.2, -0.15) is 0 Å². The van der Waals surface area contributed by atoms with Gasteiger partial charge in [0.15, 0.2) is 0 Å². The number of amides is 1. The molecule has 1 saturated heterocycles. The third kappa shape index (κ3) is 3.88. The van der Waals surface area contributed by atoms with Gasteiger partial charge < -0.3 is 10.6 Å². The van der Waals surface area contributed by atoms with Gasteiger partial charge in [-0.1, -0.05) is 12.1 Å². The lowest BCUT2D eigenvalue weighted by atomic mass is 10.1. The molecule has 2 rings (SSSR count). The Bertz CT molecular complexity index is 437. The second-order valence-electron chi connectivity index (χ2n) is 4.59. The minimum atomic E-state index is -2.76. The Hall–Kier alpha value is -1.20. The van der Waals surface area contributed by atoms with Crippen LogP contribution in [-0.2, 0) is 6.54 Å². The lowest BCUT2D eigenvalue weighted by Crippen LogP contribution is -2.45. The van der Waals surface area contributed by atoms with E-state index in [0.29, 0.717) is 25.1 Å². The summed E-state index contributed by atoms with van der Waals surface area (Å²) >= 11 is 0. The van der Waals surface area contributed by atoms with E-state index < -0.39 is 12.5 Å². The van der Waals surface area contributed by atoms with E-state index in [1.807, 2.05) is 0 Å². The number of benzene rings is 1. The molecule has 2 N–H and O–H groups in total. The third-order valence-electron chi connectivity index (χ3n) is 3.12. The van der Waals surface area contributed by atoms with Crippen molar-refractivity contribution in [3.05, 3.63) is 35.4 Å². The van der Waals surface area contributed by atoms with Crippen molar-refractivity contribution in [3.63, 3.8) is 0 Å². The first-order chi connectivity index (χ1) is 8.52. The van der Waals surface area contributed by atoms with Crippen molar-refractivity contribution < 1.29 is 13.6 Å². The summed E-state index contributed by atoms with van der Waals surface area (Å²) in [5.74, 6) is -3.09. The summed E-state index contributed by atoms with van der Waals surface area (Å²) in [6.45, 7) is 0.313. The molecule has 106 valence electrons. The van der Waals surface area contributed by atoms with E-state index in [2.05, 4.69) is 0 Å². The van der Waals surface area contributed by atoms with Crippen LogP contribution >= 0.6 is 12.4 Å². The van der Waals surface area contributed by atoms with Crippen LogP contribution in [0.3, 0.4) is 0 Å². The maximum Gasteiger partial charge on any atom is 0.265 e. The SMILES string of the molecule is Cl.NCc1ccc(C(=O)N2CCCC(F)(F)C2)cc1. The maximum absolute atomic E-state index is 13.2. The van der Waals surface area contributed by atoms with Gasteiger partial charge in [0.05, 0.1) is 6.54 Å². The van der Waals surface area contributed by atoms with E-state index in [0.717, 1.165) is 5.56 Å². The standard InChI is InChI=1S/C13H16F2N2O.ClH/c14-13(15)6-1-7-17(9-13)12(18)11-4-2-10(8-16)3-5-11;/h2-5H,1,6-9,16H2;1H. The largest absolute Gasteiger partial charge is 0.333 e. The highest BCUT2D eigenvalue weighted by molar-refractivity contribution is 5.94. The minimum absolute atomic E-state index is 0. The highest BCUT2D eigenvalue weighted by Crippen LogP contribution is 2.27. The van der Waals surface area contributed by atoms with Crippen molar-refractivity contribution >= 4 is 18.3 Å². The predicted octanol–water partition coefficient (Wildman–Crippen LogP) is 2.44. The molecule has 0 aromatic heterocycles. The fourth-order valence-corrected chi connectivity index (χ4v) is 2.11. The summed E-state index contributed by atoms with van der Waals surface area (Å²) in [7, 11) is 0. The molecule has 0 bridgehead atoms. The molecule has 1 fully saturated rings. The molecule has 0 aliphatic carbocycles. The molecule has 3 nitrogen and oxygen atoms in total. The normalized spacial score (nSPS) is 17.7. The Morgan fingerprint density at radius 2 is 1.95 bits per heavy atom. The van der Waals surface area contributed by atoms with E-state index in [1.165, 1.54) is 4.90 Å². The molecule has 1 aliphatic rings. The number of hydrogen-bond donors (Lipinski definition) is 1. The van der Waals surface area contributed by atoms with Crippen LogP contribution in [0, 0.1) is 0 Å². The van der Waals surface area contributed by atoms with Gasteiger partial charge in [0, 0.05) is 25.1 Å². The molecule has 1 aromatic carbocycles. The van der Waals surface area contributed by atoms with Crippen molar-refractivity contribution in [1.82, 2.24) is 4.90 Å². The number of halogens is 3. The second-order valence-corrected chi connectivity index (χ2v) is 4.59. The molecule has 0 radical (unpaired) electrons. The molecule has 0 unspecified atom stereocenters. The topological polar surface area (TPSA) is 46.3 Å². The van der Waals surface area contributed by atoms with E-state index in [-0.39, 0.29) is 24.7 Å².